The normalized spacial score (nSPS) is 14.9. The van der Waals surface area contributed by atoms with Gasteiger partial charge in [-0.2, -0.15) is 0 Å². The molecule has 2 N–H and O–H groups in total. The number of carboxylic acids is 1. The molecule has 1 fully saturated rings. The van der Waals surface area contributed by atoms with Crippen LogP contribution in [0.4, 0.5) is 0 Å². The predicted octanol–water partition coefficient (Wildman–Crippen LogP) is -0.00350. The van der Waals surface area contributed by atoms with Crippen LogP contribution in [-0.2, 0) is 19.1 Å². The van der Waals surface area contributed by atoms with E-state index in [1.807, 2.05) is 0 Å². The summed E-state index contributed by atoms with van der Waals surface area (Å²) in [5, 5.41) is 11.1. The molecule has 0 aliphatic carbocycles. The molecule has 0 radical (unpaired) electrons. The summed E-state index contributed by atoms with van der Waals surface area (Å²) in [5.74, 6) is -0.953. The van der Waals surface area contributed by atoms with Gasteiger partial charge in [0.05, 0.1) is 13.2 Å². The number of ether oxygens (including phenoxy) is 1. The van der Waals surface area contributed by atoms with Gasteiger partial charge in [0, 0.05) is 38.9 Å². The second kappa shape index (κ2) is 9.30. The fourth-order valence-corrected chi connectivity index (χ4v) is 1.93. The third kappa shape index (κ3) is 7.08. The molecule has 1 heterocycles. The first kappa shape index (κ1) is 16.4. The number of hydrogen-bond acceptors (Lipinski definition) is 4. The molecule has 0 aromatic rings. The van der Waals surface area contributed by atoms with Gasteiger partial charge in [0.1, 0.15) is 0 Å². The van der Waals surface area contributed by atoms with Gasteiger partial charge in [0.2, 0.25) is 11.8 Å². The highest BCUT2D eigenvalue weighted by molar-refractivity contribution is 5.79. The van der Waals surface area contributed by atoms with Crippen molar-refractivity contribution in [2.75, 3.05) is 32.8 Å². The van der Waals surface area contributed by atoms with Gasteiger partial charge < -0.3 is 20.1 Å². The van der Waals surface area contributed by atoms with Gasteiger partial charge in [-0.15, -0.1) is 0 Å². The summed E-state index contributed by atoms with van der Waals surface area (Å²) in [6, 6.07) is 0. The van der Waals surface area contributed by atoms with Crippen molar-refractivity contribution in [2.45, 2.75) is 32.1 Å². The van der Waals surface area contributed by atoms with Gasteiger partial charge in [-0.05, 0) is 12.8 Å². The summed E-state index contributed by atoms with van der Waals surface area (Å²) < 4.78 is 5.16. The molecular weight excluding hydrogens is 264 g/mol. The van der Waals surface area contributed by atoms with E-state index in [2.05, 4.69) is 5.32 Å². The minimum Gasteiger partial charge on any atom is -0.481 e. The van der Waals surface area contributed by atoms with Crippen LogP contribution in [0.3, 0.4) is 0 Å². The molecule has 1 aliphatic heterocycles. The zero-order valence-electron chi connectivity index (χ0n) is 11.6. The Kier molecular flexibility index (Phi) is 7.64. The molecule has 0 atom stereocenters. The molecule has 0 spiro atoms. The van der Waals surface area contributed by atoms with Gasteiger partial charge >= 0.3 is 5.97 Å². The lowest BCUT2D eigenvalue weighted by Crippen LogP contribution is -2.42. The summed E-state index contributed by atoms with van der Waals surface area (Å²) >= 11 is 0. The largest absolute Gasteiger partial charge is 0.481 e. The Hall–Kier alpha value is -1.63. The van der Waals surface area contributed by atoms with Crippen molar-refractivity contribution in [2.24, 2.45) is 0 Å². The molecule has 7 nitrogen and oxygen atoms in total. The Morgan fingerprint density at radius 3 is 2.35 bits per heavy atom. The van der Waals surface area contributed by atoms with E-state index in [0.717, 1.165) is 0 Å². The number of morpholine rings is 1. The zero-order valence-corrected chi connectivity index (χ0v) is 11.6. The van der Waals surface area contributed by atoms with Crippen LogP contribution in [0.15, 0.2) is 0 Å². The van der Waals surface area contributed by atoms with Crippen molar-refractivity contribution in [1.82, 2.24) is 10.2 Å². The summed E-state index contributed by atoms with van der Waals surface area (Å²) in [4.78, 5) is 35.2. The van der Waals surface area contributed by atoms with Gasteiger partial charge in [0.15, 0.2) is 0 Å². The number of carbonyl (C=O) groups excluding carboxylic acids is 2. The summed E-state index contributed by atoms with van der Waals surface area (Å²) in [7, 11) is 0. The third-order valence-corrected chi connectivity index (χ3v) is 3.07. The Bertz CT molecular complexity index is 340. The fourth-order valence-electron chi connectivity index (χ4n) is 1.93. The molecule has 2 amide bonds. The number of carboxylic acid groups (broad SMARTS) is 1. The van der Waals surface area contributed by atoms with Gasteiger partial charge in [0.25, 0.3) is 0 Å². The molecule has 0 aromatic heterocycles. The van der Waals surface area contributed by atoms with Crippen molar-refractivity contribution in [3.8, 4) is 0 Å². The van der Waals surface area contributed by atoms with E-state index in [-0.39, 0.29) is 18.2 Å². The topological polar surface area (TPSA) is 95.9 Å². The summed E-state index contributed by atoms with van der Waals surface area (Å²) in [5.41, 5.74) is 0. The first-order chi connectivity index (χ1) is 9.59. The molecular formula is C13H22N2O5. The molecule has 0 saturated carbocycles. The lowest BCUT2D eigenvalue weighted by Gasteiger charge is -2.26. The molecule has 1 saturated heterocycles. The molecule has 0 unspecified atom stereocenters. The number of nitrogens with zero attached hydrogens (tertiary/aromatic N) is 1. The second-order valence-electron chi connectivity index (χ2n) is 4.69. The van der Waals surface area contributed by atoms with E-state index in [1.54, 1.807) is 4.90 Å². The highest BCUT2D eigenvalue weighted by Gasteiger charge is 2.16. The summed E-state index contributed by atoms with van der Waals surface area (Å²) in [6.45, 7) is 2.70. The molecule has 1 aliphatic rings. The van der Waals surface area contributed by atoms with Crippen LogP contribution in [-0.4, -0.2) is 60.6 Å². The van der Waals surface area contributed by atoms with E-state index in [0.29, 0.717) is 58.5 Å². The molecule has 114 valence electrons. The lowest BCUT2D eigenvalue weighted by atomic mass is 10.2. The Morgan fingerprint density at radius 1 is 1.05 bits per heavy atom. The maximum atomic E-state index is 11.8. The number of unbranched alkanes of at least 4 members (excludes halogenated alkanes) is 1. The molecule has 0 aromatic carbocycles. The zero-order chi connectivity index (χ0) is 14.8. The highest BCUT2D eigenvalue weighted by Crippen LogP contribution is 2.01. The number of rotatable bonds is 8. The fraction of sp³-hybridized carbons (Fsp3) is 0.769. The maximum absolute atomic E-state index is 11.8. The Morgan fingerprint density at radius 2 is 1.70 bits per heavy atom. The van der Waals surface area contributed by atoms with Gasteiger partial charge in [-0.3, -0.25) is 14.4 Å². The lowest BCUT2D eigenvalue weighted by molar-refractivity contribution is -0.137. The van der Waals surface area contributed by atoms with E-state index in [4.69, 9.17) is 9.84 Å². The molecule has 7 heteroatoms. The van der Waals surface area contributed by atoms with E-state index in [1.165, 1.54) is 0 Å². The number of aliphatic carboxylic acids is 1. The van der Waals surface area contributed by atoms with Crippen LogP contribution >= 0.6 is 0 Å². The summed E-state index contributed by atoms with van der Waals surface area (Å²) in [6.07, 6.45) is 1.73. The van der Waals surface area contributed by atoms with Crippen LogP contribution in [0.2, 0.25) is 0 Å². The minimum atomic E-state index is -0.846. The number of amides is 2. The predicted molar refractivity (Wildman–Crippen MR) is 71.1 cm³/mol. The standard InChI is InChI=1S/C13H22N2O5/c16-11(3-1-2-4-13(18)19)14-6-5-12(17)15-7-9-20-10-8-15/h1-10H2,(H,14,16)(H,18,19). The monoisotopic (exact) mass is 286 g/mol. The van der Waals surface area contributed by atoms with E-state index < -0.39 is 5.97 Å². The van der Waals surface area contributed by atoms with Crippen molar-refractivity contribution in [3.05, 3.63) is 0 Å². The van der Waals surface area contributed by atoms with Crippen LogP contribution in [0, 0.1) is 0 Å². The molecule has 20 heavy (non-hydrogen) atoms. The van der Waals surface area contributed by atoms with Crippen LogP contribution < -0.4 is 5.32 Å². The van der Waals surface area contributed by atoms with Gasteiger partial charge in [-0.25, -0.2) is 0 Å². The van der Waals surface area contributed by atoms with Crippen molar-refractivity contribution in [1.29, 1.82) is 0 Å². The smallest absolute Gasteiger partial charge is 0.303 e. The van der Waals surface area contributed by atoms with Crippen LogP contribution in [0.25, 0.3) is 0 Å². The average Bonchev–Trinajstić information content (AvgIpc) is 2.44. The quantitative estimate of drug-likeness (QED) is 0.612. The average molecular weight is 286 g/mol. The SMILES string of the molecule is O=C(O)CCCCC(=O)NCCC(=O)N1CCOCC1. The maximum Gasteiger partial charge on any atom is 0.303 e. The van der Waals surface area contributed by atoms with E-state index in [9.17, 15) is 14.4 Å². The number of carbonyl (C=O) groups is 3. The third-order valence-electron chi connectivity index (χ3n) is 3.07. The first-order valence-corrected chi connectivity index (χ1v) is 6.93. The molecule has 1 rings (SSSR count). The van der Waals surface area contributed by atoms with Gasteiger partial charge in [-0.1, -0.05) is 0 Å². The van der Waals surface area contributed by atoms with Crippen molar-refractivity contribution >= 4 is 17.8 Å². The number of nitrogens with one attached hydrogen (secondary N) is 1. The second-order valence-corrected chi connectivity index (χ2v) is 4.69. The first-order valence-electron chi connectivity index (χ1n) is 6.93. The van der Waals surface area contributed by atoms with Crippen LogP contribution in [0.5, 0.6) is 0 Å². The Labute approximate surface area is 118 Å². The van der Waals surface area contributed by atoms with Crippen molar-refractivity contribution < 1.29 is 24.2 Å². The number of hydrogen-bond donors (Lipinski definition) is 2. The van der Waals surface area contributed by atoms with Crippen molar-refractivity contribution in [3.63, 3.8) is 0 Å². The van der Waals surface area contributed by atoms with E-state index >= 15 is 0 Å². The highest BCUT2D eigenvalue weighted by atomic mass is 16.5. The minimum absolute atomic E-state index is 0.0273. The Balaban J connectivity index is 2.03. The molecule has 0 bridgehead atoms. The van der Waals surface area contributed by atoms with Crippen LogP contribution in [0.1, 0.15) is 32.1 Å².